The van der Waals surface area contributed by atoms with Crippen molar-refractivity contribution in [3.63, 3.8) is 0 Å². The number of nitrogens with one attached hydrogen (secondary N) is 2. The van der Waals surface area contributed by atoms with Crippen LogP contribution in [0, 0.1) is 16.9 Å². The molecule has 118 valence electrons. The molecule has 0 aromatic heterocycles. The normalized spacial score (nSPS) is 11.5. The Morgan fingerprint density at radius 2 is 2.09 bits per heavy atom. The fourth-order valence-corrected chi connectivity index (χ4v) is 1.80. The first kappa shape index (κ1) is 17.9. The van der Waals surface area contributed by atoms with Crippen LogP contribution in [0.1, 0.15) is 20.8 Å². The lowest BCUT2D eigenvalue weighted by Gasteiger charge is -2.19. The Bertz CT molecular complexity index is 615. The number of nitriles is 1. The van der Waals surface area contributed by atoms with E-state index in [2.05, 4.69) is 15.6 Å². The molecule has 0 saturated carbocycles. The van der Waals surface area contributed by atoms with Crippen molar-refractivity contribution >= 4 is 34.2 Å². The molecule has 1 aromatic rings. The molecule has 0 fully saturated rings. The van der Waals surface area contributed by atoms with Gasteiger partial charge >= 0.3 is 0 Å². The van der Waals surface area contributed by atoms with Crippen LogP contribution in [-0.2, 0) is 4.79 Å². The fraction of sp³-hybridized carbons (Fsp3) is 0.400. The molecular weight excluding hydrogens is 300 g/mol. The average Bonchev–Trinajstić information content (AvgIpc) is 2.47. The first-order chi connectivity index (χ1) is 10.3. The lowest BCUT2D eigenvalue weighted by molar-refractivity contribution is -0.123. The van der Waals surface area contributed by atoms with Crippen molar-refractivity contribution in [2.75, 3.05) is 18.7 Å². The molecule has 1 rings (SSSR count). The van der Waals surface area contributed by atoms with Gasteiger partial charge in [-0.15, -0.1) is 0 Å². The van der Waals surface area contributed by atoms with Crippen LogP contribution in [0.15, 0.2) is 23.2 Å². The Kier molecular flexibility index (Phi) is 6.25. The molecule has 1 amide bonds. The van der Waals surface area contributed by atoms with Crippen LogP contribution in [-0.4, -0.2) is 24.4 Å². The molecule has 0 heterocycles. The van der Waals surface area contributed by atoms with Gasteiger partial charge in [0.1, 0.15) is 5.75 Å². The van der Waals surface area contributed by atoms with Gasteiger partial charge in [-0.1, -0.05) is 32.5 Å². The van der Waals surface area contributed by atoms with E-state index in [-0.39, 0.29) is 5.91 Å². The lowest BCUT2D eigenvalue weighted by atomic mass is 9.95. The van der Waals surface area contributed by atoms with Crippen molar-refractivity contribution in [2.45, 2.75) is 20.8 Å². The van der Waals surface area contributed by atoms with Crippen LogP contribution < -0.4 is 15.4 Å². The number of hydrogen-bond donors (Lipinski definition) is 2. The molecule has 22 heavy (non-hydrogen) atoms. The van der Waals surface area contributed by atoms with Crippen LogP contribution in [0.3, 0.4) is 0 Å². The first-order valence-electron chi connectivity index (χ1n) is 6.59. The molecule has 0 atom stereocenters. The number of amides is 1. The van der Waals surface area contributed by atoms with Gasteiger partial charge in [-0.2, -0.15) is 5.26 Å². The third kappa shape index (κ3) is 4.97. The highest BCUT2D eigenvalue weighted by Gasteiger charge is 2.22. The third-order valence-corrected chi connectivity index (χ3v) is 3.28. The van der Waals surface area contributed by atoms with E-state index in [1.165, 1.54) is 18.9 Å². The summed E-state index contributed by atoms with van der Waals surface area (Å²) in [5.41, 5.74) is 0.711. The number of nitrogens with zero attached hydrogens (tertiary/aromatic N) is 2. The highest BCUT2D eigenvalue weighted by molar-refractivity contribution is 8.13. The van der Waals surface area contributed by atoms with Crippen molar-refractivity contribution in [2.24, 2.45) is 10.4 Å². The highest BCUT2D eigenvalue weighted by atomic mass is 32.2. The molecule has 0 aliphatic rings. The zero-order chi connectivity index (χ0) is 16.8. The molecule has 0 unspecified atom stereocenters. The second-order valence-corrected chi connectivity index (χ2v) is 6.24. The summed E-state index contributed by atoms with van der Waals surface area (Å²) in [6, 6.07) is 5.18. The number of amidine groups is 1. The molecule has 0 aliphatic carbocycles. The van der Waals surface area contributed by atoms with Crippen molar-refractivity contribution in [1.82, 2.24) is 5.32 Å². The van der Waals surface area contributed by atoms with Crippen LogP contribution >= 0.6 is 11.8 Å². The third-order valence-electron chi connectivity index (χ3n) is 2.70. The largest absolute Gasteiger partial charge is 0.494 e. The zero-order valence-corrected chi connectivity index (χ0v) is 14.2. The standard InChI is InChI=1S/C15H20N4O2S/c1-15(2,3)13(20)19-11-7-6-10(8-12(11)21-4)18-14(22-5)17-9-16/h6-8H,1-5H3,(H,17,18)(H,19,20). The lowest BCUT2D eigenvalue weighted by Crippen LogP contribution is -2.27. The number of benzene rings is 1. The predicted octanol–water partition coefficient (Wildman–Crippen LogP) is 3.10. The number of rotatable bonds is 3. The van der Waals surface area contributed by atoms with E-state index in [0.29, 0.717) is 22.3 Å². The van der Waals surface area contributed by atoms with Crippen molar-refractivity contribution < 1.29 is 9.53 Å². The second kappa shape index (κ2) is 7.71. The predicted molar refractivity (Wildman–Crippen MR) is 90.4 cm³/mol. The molecule has 0 spiro atoms. The second-order valence-electron chi connectivity index (χ2n) is 5.45. The summed E-state index contributed by atoms with van der Waals surface area (Å²) < 4.78 is 5.30. The van der Waals surface area contributed by atoms with Gasteiger partial charge in [-0.05, 0) is 18.4 Å². The van der Waals surface area contributed by atoms with Crippen LogP contribution in [0.4, 0.5) is 11.4 Å². The van der Waals surface area contributed by atoms with E-state index in [4.69, 9.17) is 10.00 Å². The molecular formula is C15H20N4O2S. The number of methoxy groups -OCH3 is 1. The van der Waals surface area contributed by atoms with E-state index in [0.717, 1.165) is 0 Å². The Balaban J connectivity index is 3.06. The Morgan fingerprint density at radius 1 is 1.41 bits per heavy atom. The molecule has 6 nitrogen and oxygen atoms in total. The number of thioether (sulfide) groups is 1. The summed E-state index contributed by atoms with van der Waals surface area (Å²) in [6.07, 6.45) is 3.65. The number of aliphatic imine (C=N–C) groups is 1. The topological polar surface area (TPSA) is 86.5 Å². The number of hydrogen-bond acceptors (Lipinski definition) is 5. The van der Waals surface area contributed by atoms with Gasteiger partial charge in [0, 0.05) is 11.5 Å². The Hall–Kier alpha value is -2.20. The summed E-state index contributed by atoms with van der Waals surface area (Å²) in [6.45, 7) is 5.52. The van der Waals surface area contributed by atoms with E-state index in [9.17, 15) is 4.79 Å². The van der Waals surface area contributed by atoms with Crippen molar-refractivity contribution in [3.05, 3.63) is 18.2 Å². The molecule has 0 radical (unpaired) electrons. The summed E-state index contributed by atoms with van der Waals surface area (Å²) in [4.78, 5) is 16.4. The minimum absolute atomic E-state index is 0.0991. The van der Waals surface area contributed by atoms with Gasteiger partial charge < -0.3 is 10.1 Å². The van der Waals surface area contributed by atoms with Gasteiger partial charge in [-0.25, -0.2) is 4.99 Å². The van der Waals surface area contributed by atoms with Crippen LogP contribution in [0.5, 0.6) is 5.75 Å². The van der Waals surface area contributed by atoms with Gasteiger partial charge in [0.05, 0.1) is 18.5 Å². The van der Waals surface area contributed by atoms with Crippen LogP contribution in [0.25, 0.3) is 0 Å². The summed E-state index contributed by atoms with van der Waals surface area (Å²) in [5.74, 6) is 0.411. The zero-order valence-electron chi connectivity index (χ0n) is 13.4. The van der Waals surface area contributed by atoms with Gasteiger partial charge in [0.25, 0.3) is 0 Å². The molecule has 0 bridgehead atoms. The summed E-state index contributed by atoms with van der Waals surface area (Å²) >= 11 is 1.33. The Labute approximate surface area is 135 Å². The maximum Gasteiger partial charge on any atom is 0.229 e. The first-order valence-corrected chi connectivity index (χ1v) is 7.81. The molecule has 0 saturated heterocycles. The monoisotopic (exact) mass is 320 g/mol. The van der Waals surface area contributed by atoms with Crippen LogP contribution in [0.2, 0.25) is 0 Å². The molecule has 0 aliphatic heterocycles. The number of carbonyl (C=O) groups excluding carboxylic acids is 1. The van der Waals surface area contributed by atoms with Gasteiger partial charge in [-0.3, -0.25) is 10.1 Å². The van der Waals surface area contributed by atoms with Gasteiger partial charge in [0.2, 0.25) is 5.91 Å². The average molecular weight is 320 g/mol. The quantitative estimate of drug-likeness (QED) is 0.387. The summed E-state index contributed by atoms with van der Waals surface area (Å²) in [5, 5.41) is 14.4. The minimum atomic E-state index is -0.495. The number of anilines is 1. The maximum atomic E-state index is 12.1. The number of carbonyl (C=O) groups is 1. The van der Waals surface area contributed by atoms with E-state index >= 15 is 0 Å². The van der Waals surface area contributed by atoms with E-state index in [1.54, 1.807) is 18.2 Å². The minimum Gasteiger partial charge on any atom is -0.494 e. The molecule has 7 heteroatoms. The Morgan fingerprint density at radius 3 is 2.59 bits per heavy atom. The van der Waals surface area contributed by atoms with E-state index in [1.807, 2.05) is 33.2 Å². The van der Waals surface area contributed by atoms with Crippen molar-refractivity contribution in [3.8, 4) is 11.9 Å². The smallest absolute Gasteiger partial charge is 0.229 e. The fourth-order valence-electron chi connectivity index (χ4n) is 1.45. The molecule has 1 aromatic carbocycles. The van der Waals surface area contributed by atoms with Gasteiger partial charge in [0.15, 0.2) is 11.4 Å². The highest BCUT2D eigenvalue weighted by Crippen LogP contribution is 2.31. The van der Waals surface area contributed by atoms with Crippen molar-refractivity contribution in [1.29, 1.82) is 5.26 Å². The van der Waals surface area contributed by atoms with E-state index < -0.39 is 5.41 Å². The maximum absolute atomic E-state index is 12.1. The molecule has 2 N–H and O–H groups in total. The SMILES string of the molecule is COc1cc(N=C(NC#N)SC)ccc1NC(=O)C(C)(C)C. The summed E-state index contributed by atoms with van der Waals surface area (Å²) in [7, 11) is 1.53. The number of ether oxygens (including phenoxy) is 1.